The predicted molar refractivity (Wildman–Crippen MR) is 109 cm³/mol. The van der Waals surface area contributed by atoms with Gasteiger partial charge in [-0.25, -0.2) is 13.6 Å². The van der Waals surface area contributed by atoms with Crippen LogP contribution in [0.5, 0.6) is 0 Å². The standard InChI is InChI=1S/C22H19F2NO3S/c1-4-28-22(27)19-16(15-7-5-12(2)9-13(15)3)11-29-21(19)25-20(26)14-6-8-17(23)18(24)10-14/h5-11H,4H2,1-3H3,(H,25,26). The maximum absolute atomic E-state index is 13.5. The van der Waals surface area contributed by atoms with E-state index in [9.17, 15) is 18.4 Å². The van der Waals surface area contributed by atoms with Gasteiger partial charge >= 0.3 is 5.97 Å². The van der Waals surface area contributed by atoms with Gasteiger partial charge in [0.15, 0.2) is 11.6 Å². The molecule has 7 heteroatoms. The maximum atomic E-state index is 13.5. The molecule has 0 aliphatic heterocycles. The minimum absolute atomic E-state index is 0.0554. The molecule has 2 aromatic carbocycles. The molecule has 1 amide bonds. The fourth-order valence-electron chi connectivity index (χ4n) is 2.98. The number of aryl methyl sites for hydroxylation is 2. The molecule has 3 aromatic rings. The van der Waals surface area contributed by atoms with Crippen molar-refractivity contribution < 1.29 is 23.1 Å². The van der Waals surface area contributed by atoms with Gasteiger partial charge in [0.1, 0.15) is 10.6 Å². The van der Waals surface area contributed by atoms with Crippen LogP contribution in [0.2, 0.25) is 0 Å². The number of carbonyl (C=O) groups is 2. The van der Waals surface area contributed by atoms with E-state index in [0.29, 0.717) is 5.56 Å². The van der Waals surface area contributed by atoms with Gasteiger partial charge in [0.2, 0.25) is 0 Å². The molecule has 3 rings (SSSR count). The molecule has 29 heavy (non-hydrogen) atoms. The number of halogens is 2. The Balaban J connectivity index is 2.02. The third-order valence-corrected chi connectivity index (χ3v) is 5.25. The Labute approximate surface area is 171 Å². The molecule has 0 saturated heterocycles. The monoisotopic (exact) mass is 415 g/mol. The van der Waals surface area contributed by atoms with E-state index in [2.05, 4.69) is 5.32 Å². The summed E-state index contributed by atoms with van der Waals surface area (Å²) in [4.78, 5) is 25.2. The van der Waals surface area contributed by atoms with Gasteiger partial charge in [0, 0.05) is 16.5 Å². The van der Waals surface area contributed by atoms with Gasteiger partial charge in [-0.3, -0.25) is 4.79 Å². The summed E-state index contributed by atoms with van der Waals surface area (Å²) in [6.07, 6.45) is 0. The Morgan fingerprint density at radius 1 is 1.03 bits per heavy atom. The maximum Gasteiger partial charge on any atom is 0.341 e. The van der Waals surface area contributed by atoms with Crippen molar-refractivity contribution in [1.29, 1.82) is 0 Å². The largest absolute Gasteiger partial charge is 0.462 e. The highest BCUT2D eigenvalue weighted by atomic mass is 32.1. The van der Waals surface area contributed by atoms with Gasteiger partial charge in [-0.15, -0.1) is 11.3 Å². The molecule has 1 aromatic heterocycles. The summed E-state index contributed by atoms with van der Waals surface area (Å²) in [5.74, 6) is -3.37. The molecule has 1 N–H and O–H groups in total. The number of nitrogens with one attached hydrogen (secondary N) is 1. The van der Waals surface area contributed by atoms with Crippen LogP contribution in [0.4, 0.5) is 13.8 Å². The van der Waals surface area contributed by atoms with Gasteiger partial charge in [-0.05, 0) is 50.1 Å². The summed E-state index contributed by atoms with van der Waals surface area (Å²) in [5.41, 5.74) is 3.74. The van der Waals surface area contributed by atoms with Crippen LogP contribution in [-0.4, -0.2) is 18.5 Å². The van der Waals surface area contributed by atoms with Crippen LogP contribution in [0.25, 0.3) is 11.1 Å². The van der Waals surface area contributed by atoms with Gasteiger partial charge in [-0.1, -0.05) is 23.8 Å². The second kappa shape index (κ2) is 8.53. The first-order valence-electron chi connectivity index (χ1n) is 8.94. The highest BCUT2D eigenvalue weighted by Crippen LogP contribution is 2.38. The van der Waals surface area contributed by atoms with Crippen molar-refractivity contribution in [3.05, 3.63) is 75.7 Å². The summed E-state index contributed by atoms with van der Waals surface area (Å²) in [6, 6.07) is 8.72. The van der Waals surface area contributed by atoms with Crippen molar-refractivity contribution in [3.8, 4) is 11.1 Å². The fourth-order valence-corrected chi connectivity index (χ4v) is 3.93. The molecule has 0 fully saturated rings. The first-order valence-corrected chi connectivity index (χ1v) is 9.82. The van der Waals surface area contributed by atoms with Gasteiger partial charge < -0.3 is 10.1 Å². The highest BCUT2D eigenvalue weighted by Gasteiger charge is 2.24. The molecule has 0 atom stereocenters. The summed E-state index contributed by atoms with van der Waals surface area (Å²) in [5, 5.41) is 4.68. The number of ether oxygens (including phenoxy) is 1. The number of benzene rings is 2. The van der Waals surface area contributed by atoms with E-state index in [1.54, 1.807) is 12.3 Å². The number of anilines is 1. The van der Waals surface area contributed by atoms with Crippen LogP contribution >= 0.6 is 11.3 Å². The number of rotatable bonds is 5. The lowest BCUT2D eigenvalue weighted by Crippen LogP contribution is -2.15. The smallest absolute Gasteiger partial charge is 0.341 e. The number of hydrogen-bond acceptors (Lipinski definition) is 4. The van der Waals surface area contributed by atoms with Crippen LogP contribution in [0.3, 0.4) is 0 Å². The highest BCUT2D eigenvalue weighted by molar-refractivity contribution is 7.15. The minimum atomic E-state index is -1.12. The lowest BCUT2D eigenvalue weighted by molar-refractivity contribution is 0.0529. The normalized spacial score (nSPS) is 10.7. The molecular formula is C22H19F2NO3S. The lowest BCUT2D eigenvalue weighted by atomic mass is 9.97. The second-order valence-electron chi connectivity index (χ2n) is 6.48. The van der Waals surface area contributed by atoms with E-state index in [0.717, 1.165) is 28.8 Å². The number of hydrogen-bond donors (Lipinski definition) is 1. The Morgan fingerprint density at radius 3 is 2.45 bits per heavy atom. The number of amides is 1. The number of carbonyl (C=O) groups excluding carboxylic acids is 2. The molecular weight excluding hydrogens is 396 g/mol. The third-order valence-electron chi connectivity index (χ3n) is 4.35. The van der Waals surface area contributed by atoms with Gasteiger partial charge in [0.05, 0.1) is 6.61 Å². The molecule has 0 unspecified atom stereocenters. The zero-order chi connectivity index (χ0) is 21.1. The van der Waals surface area contributed by atoms with Crippen molar-refractivity contribution in [1.82, 2.24) is 0 Å². The van der Waals surface area contributed by atoms with Crippen molar-refractivity contribution >= 4 is 28.2 Å². The summed E-state index contributed by atoms with van der Waals surface area (Å²) in [7, 11) is 0. The fraction of sp³-hybridized carbons (Fsp3) is 0.182. The van der Waals surface area contributed by atoms with Crippen molar-refractivity contribution in [2.45, 2.75) is 20.8 Å². The Hall–Kier alpha value is -3.06. The van der Waals surface area contributed by atoms with Crippen LogP contribution in [0.15, 0.2) is 41.8 Å². The lowest BCUT2D eigenvalue weighted by Gasteiger charge is -2.11. The molecule has 0 saturated carbocycles. The van der Waals surface area contributed by atoms with E-state index < -0.39 is 23.5 Å². The van der Waals surface area contributed by atoms with Crippen LogP contribution in [-0.2, 0) is 4.74 Å². The SMILES string of the molecule is CCOC(=O)c1c(-c2ccc(C)cc2C)csc1NC(=O)c1ccc(F)c(F)c1. The van der Waals surface area contributed by atoms with Gasteiger partial charge in [0.25, 0.3) is 5.91 Å². The zero-order valence-corrected chi connectivity index (χ0v) is 17.0. The topological polar surface area (TPSA) is 55.4 Å². The summed E-state index contributed by atoms with van der Waals surface area (Å²) >= 11 is 1.17. The van der Waals surface area contributed by atoms with E-state index >= 15 is 0 Å². The average molecular weight is 415 g/mol. The van der Waals surface area contributed by atoms with Crippen molar-refractivity contribution in [2.75, 3.05) is 11.9 Å². The van der Waals surface area contributed by atoms with Crippen molar-refractivity contribution in [2.24, 2.45) is 0 Å². The van der Waals surface area contributed by atoms with E-state index in [-0.39, 0.29) is 22.7 Å². The van der Waals surface area contributed by atoms with Crippen molar-refractivity contribution in [3.63, 3.8) is 0 Å². The van der Waals surface area contributed by atoms with E-state index in [1.807, 2.05) is 32.0 Å². The average Bonchev–Trinajstić information content (AvgIpc) is 3.07. The molecule has 0 aliphatic carbocycles. The van der Waals surface area contributed by atoms with Crippen LogP contribution in [0.1, 0.15) is 38.8 Å². The first-order chi connectivity index (χ1) is 13.8. The Kier molecular flexibility index (Phi) is 6.08. The van der Waals surface area contributed by atoms with Gasteiger partial charge in [-0.2, -0.15) is 0 Å². The van der Waals surface area contributed by atoms with E-state index in [1.165, 1.54) is 17.4 Å². The Bertz CT molecular complexity index is 1090. The molecule has 4 nitrogen and oxygen atoms in total. The molecule has 0 spiro atoms. The predicted octanol–water partition coefficient (Wildman–Crippen LogP) is 5.74. The molecule has 0 bridgehead atoms. The third kappa shape index (κ3) is 4.35. The zero-order valence-electron chi connectivity index (χ0n) is 16.1. The number of thiophene rings is 1. The summed E-state index contributed by atoms with van der Waals surface area (Å²) < 4.78 is 31.8. The molecule has 0 aliphatic rings. The first kappa shape index (κ1) is 20.7. The molecule has 0 radical (unpaired) electrons. The van der Waals surface area contributed by atoms with Crippen LogP contribution in [0, 0.1) is 25.5 Å². The minimum Gasteiger partial charge on any atom is -0.462 e. The summed E-state index contributed by atoms with van der Waals surface area (Å²) in [6.45, 7) is 5.79. The number of esters is 1. The Morgan fingerprint density at radius 2 is 1.79 bits per heavy atom. The quantitative estimate of drug-likeness (QED) is 0.541. The van der Waals surface area contributed by atoms with Crippen LogP contribution < -0.4 is 5.32 Å². The van der Waals surface area contributed by atoms with E-state index in [4.69, 9.17) is 4.74 Å². The molecule has 150 valence electrons. The second-order valence-corrected chi connectivity index (χ2v) is 7.36. The molecule has 1 heterocycles.